The standard InChI is InChI=1S/C30H34N2O3S/c1-34-27-11-7-25(8-12-27)30(26-9-13-28(35-2)14-10-26)15-4-16-31(21-30)20-23-5-3-6-24(19-23)29(33)32-17-18-36-22-32/h3,5-14,19H,4,15-18,20-22H2,1-2H3. The van der Waals surface area contributed by atoms with Crippen LogP contribution in [0.5, 0.6) is 11.5 Å². The highest BCUT2D eigenvalue weighted by Crippen LogP contribution is 2.42. The summed E-state index contributed by atoms with van der Waals surface area (Å²) in [4.78, 5) is 17.4. The van der Waals surface area contributed by atoms with Gasteiger partial charge in [0.05, 0.1) is 20.1 Å². The van der Waals surface area contributed by atoms with E-state index in [0.717, 1.165) is 67.7 Å². The first-order valence-corrected chi connectivity index (χ1v) is 13.7. The van der Waals surface area contributed by atoms with Crippen molar-refractivity contribution in [1.82, 2.24) is 9.80 Å². The third-order valence-electron chi connectivity index (χ3n) is 7.48. The van der Waals surface area contributed by atoms with Crippen molar-refractivity contribution in [3.63, 3.8) is 0 Å². The molecule has 1 amide bonds. The van der Waals surface area contributed by atoms with Gasteiger partial charge in [-0.1, -0.05) is 36.4 Å². The van der Waals surface area contributed by atoms with Gasteiger partial charge < -0.3 is 14.4 Å². The van der Waals surface area contributed by atoms with Gasteiger partial charge in [-0.15, -0.1) is 11.8 Å². The number of nitrogens with zero attached hydrogens (tertiary/aromatic N) is 2. The Labute approximate surface area is 218 Å². The summed E-state index contributed by atoms with van der Waals surface area (Å²) in [5.41, 5.74) is 4.45. The van der Waals surface area contributed by atoms with Gasteiger partial charge in [0, 0.05) is 36.4 Å². The number of hydrogen-bond donors (Lipinski definition) is 0. The van der Waals surface area contributed by atoms with E-state index in [4.69, 9.17) is 9.47 Å². The maximum atomic E-state index is 12.9. The molecule has 2 saturated heterocycles. The minimum absolute atomic E-state index is 0.128. The third-order valence-corrected chi connectivity index (χ3v) is 8.44. The number of likely N-dealkylation sites (tertiary alicyclic amines) is 1. The molecule has 0 aliphatic carbocycles. The monoisotopic (exact) mass is 502 g/mol. The number of ether oxygens (including phenoxy) is 2. The lowest BCUT2D eigenvalue weighted by Gasteiger charge is -2.44. The van der Waals surface area contributed by atoms with E-state index in [2.05, 4.69) is 65.6 Å². The Bertz CT molecular complexity index is 1130. The Balaban J connectivity index is 1.42. The van der Waals surface area contributed by atoms with Crippen molar-refractivity contribution < 1.29 is 14.3 Å². The van der Waals surface area contributed by atoms with Crippen molar-refractivity contribution in [1.29, 1.82) is 0 Å². The van der Waals surface area contributed by atoms with E-state index in [1.165, 1.54) is 16.7 Å². The van der Waals surface area contributed by atoms with Crippen LogP contribution in [0, 0.1) is 0 Å². The largest absolute Gasteiger partial charge is 0.497 e. The summed E-state index contributed by atoms with van der Waals surface area (Å²) in [6.45, 7) is 3.61. The maximum absolute atomic E-state index is 12.9. The highest BCUT2D eigenvalue weighted by atomic mass is 32.2. The van der Waals surface area contributed by atoms with Gasteiger partial charge in [-0.3, -0.25) is 9.69 Å². The molecule has 2 aliphatic heterocycles. The van der Waals surface area contributed by atoms with Gasteiger partial charge in [-0.05, 0) is 72.5 Å². The minimum Gasteiger partial charge on any atom is -0.497 e. The smallest absolute Gasteiger partial charge is 0.254 e. The second kappa shape index (κ2) is 11.0. The molecule has 36 heavy (non-hydrogen) atoms. The fraction of sp³-hybridized carbons (Fsp3) is 0.367. The number of carbonyl (C=O) groups excluding carboxylic acids is 1. The predicted octanol–water partition coefficient (Wildman–Crippen LogP) is 5.43. The first kappa shape index (κ1) is 24.7. The van der Waals surface area contributed by atoms with Crippen LogP contribution in [0.2, 0.25) is 0 Å². The summed E-state index contributed by atoms with van der Waals surface area (Å²) in [6.07, 6.45) is 2.18. The van der Waals surface area contributed by atoms with E-state index in [1.54, 1.807) is 14.2 Å². The van der Waals surface area contributed by atoms with Crippen LogP contribution in [0.15, 0.2) is 72.8 Å². The van der Waals surface area contributed by atoms with Gasteiger partial charge in [0.25, 0.3) is 5.91 Å². The first-order chi connectivity index (χ1) is 17.6. The van der Waals surface area contributed by atoms with Gasteiger partial charge in [0.2, 0.25) is 0 Å². The Morgan fingerprint density at radius 3 is 2.17 bits per heavy atom. The molecule has 0 atom stereocenters. The highest BCUT2D eigenvalue weighted by molar-refractivity contribution is 7.99. The average Bonchev–Trinajstić information content (AvgIpc) is 3.48. The number of piperidine rings is 1. The fourth-order valence-corrected chi connectivity index (χ4v) is 6.50. The molecule has 6 heteroatoms. The average molecular weight is 503 g/mol. The van der Waals surface area contributed by atoms with Crippen LogP contribution in [0.25, 0.3) is 0 Å². The van der Waals surface area contributed by atoms with Crippen LogP contribution in [0.4, 0.5) is 0 Å². The summed E-state index contributed by atoms with van der Waals surface area (Å²) in [5, 5.41) is 0. The number of thioether (sulfide) groups is 1. The molecule has 0 N–H and O–H groups in total. The second-order valence-corrected chi connectivity index (χ2v) is 10.7. The molecular formula is C30H34N2O3S. The summed E-state index contributed by atoms with van der Waals surface area (Å²) in [6, 6.07) is 25.3. The van der Waals surface area contributed by atoms with Gasteiger partial charge in [0.1, 0.15) is 11.5 Å². The summed E-state index contributed by atoms with van der Waals surface area (Å²) in [5.74, 6) is 3.70. The van der Waals surface area contributed by atoms with Gasteiger partial charge in [0.15, 0.2) is 0 Å². The number of amides is 1. The zero-order valence-corrected chi connectivity index (χ0v) is 21.9. The van der Waals surface area contributed by atoms with Crippen LogP contribution < -0.4 is 9.47 Å². The first-order valence-electron chi connectivity index (χ1n) is 12.6. The summed E-state index contributed by atoms with van der Waals surface area (Å²) in [7, 11) is 3.41. The van der Waals surface area contributed by atoms with E-state index in [0.29, 0.717) is 0 Å². The Hall–Kier alpha value is -2.96. The molecule has 3 aromatic carbocycles. The molecular weight excluding hydrogens is 468 g/mol. The molecule has 2 fully saturated rings. The van der Waals surface area contributed by atoms with Crippen LogP contribution in [0.1, 0.15) is 39.9 Å². The molecule has 3 aromatic rings. The van der Waals surface area contributed by atoms with Crippen LogP contribution >= 0.6 is 11.8 Å². The number of rotatable bonds is 7. The minimum atomic E-state index is -0.128. The normalized spacial score (nSPS) is 17.7. The van der Waals surface area contributed by atoms with Crippen molar-refractivity contribution >= 4 is 17.7 Å². The Kier molecular flexibility index (Phi) is 7.54. The van der Waals surface area contributed by atoms with Crippen molar-refractivity contribution in [3.8, 4) is 11.5 Å². The van der Waals surface area contributed by atoms with E-state index >= 15 is 0 Å². The van der Waals surface area contributed by atoms with Crippen LogP contribution in [0.3, 0.4) is 0 Å². The molecule has 188 valence electrons. The van der Waals surface area contributed by atoms with Crippen molar-refractivity contribution in [2.24, 2.45) is 0 Å². The highest BCUT2D eigenvalue weighted by Gasteiger charge is 2.39. The van der Waals surface area contributed by atoms with E-state index in [9.17, 15) is 4.79 Å². The Morgan fingerprint density at radius 2 is 1.58 bits per heavy atom. The van der Waals surface area contributed by atoms with E-state index in [1.807, 2.05) is 28.8 Å². The lowest BCUT2D eigenvalue weighted by Crippen LogP contribution is -2.46. The quantitative estimate of drug-likeness (QED) is 0.431. The topological polar surface area (TPSA) is 42.0 Å². The van der Waals surface area contributed by atoms with E-state index in [-0.39, 0.29) is 11.3 Å². The molecule has 0 bridgehead atoms. The summed E-state index contributed by atoms with van der Waals surface area (Å²) < 4.78 is 10.9. The number of hydrogen-bond acceptors (Lipinski definition) is 5. The SMILES string of the molecule is COc1ccc(C2(c3ccc(OC)cc3)CCCN(Cc3cccc(C(=O)N4CCSC4)c3)C2)cc1. The zero-order valence-electron chi connectivity index (χ0n) is 21.1. The third kappa shape index (κ3) is 5.11. The molecule has 2 aliphatic rings. The molecule has 5 rings (SSSR count). The number of carbonyl (C=O) groups is 1. The molecule has 0 unspecified atom stereocenters. The molecule has 0 spiro atoms. The fourth-order valence-electron chi connectivity index (χ4n) is 5.55. The van der Waals surface area contributed by atoms with Crippen molar-refractivity contribution in [2.45, 2.75) is 24.8 Å². The Morgan fingerprint density at radius 1 is 0.917 bits per heavy atom. The molecule has 0 saturated carbocycles. The second-order valence-electron chi connectivity index (χ2n) is 9.66. The summed E-state index contributed by atoms with van der Waals surface area (Å²) >= 11 is 1.82. The van der Waals surface area contributed by atoms with Crippen molar-refractivity contribution in [2.75, 3.05) is 45.5 Å². The molecule has 0 aromatic heterocycles. The number of benzene rings is 3. The number of methoxy groups -OCH3 is 2. The van der Waals surface area contributed by atoms with Gasteiger partial charge in [-0.25, -0.2) is 0 Å². The van der Waals surface area contributed by atoms with E-state index < -0.39 is 0 Å². The molecule has 5 nitrogen and oxygen atoms in total. The molecule has 0 radical (unpaired) electrons. The van der Waals surface area contributed by atoms with Crippen LogP contribution in [-0.2, 0) is 12.0 Å². The van der Waals surface area contributed by atoms with Gasteiger partial charge >= 0.3 is 0 Å². The van der Waals surface area contributed by atoms with Crippen molar-refractivity contribution in [3.05, 3.63) is 95.1 Å². The lowest BCUT2D eigenvalue weighted by atomic mass is 9.69. The van der Waals surface area contributed by atoms with Crippen LogP contribution in [-0.4, -0.2) is 61.2 Å². The maximum Gasteiger partial charge on any atom is 0.254 e. The molecule has 2 heterocycles. The zero-order chi connectivity index (χ0) is 25.0. The lowest BCUT2D eigenvalue weighted by molar-refractivity contribution is 0.0802. The predicted molar refractivity (Wildman–Crippen MR) is 146 cm³/mol. The van der Waals surface area contributed by atoms with Gasteiger partial charge in [-0.2, -0.15) is 0 Å².